The molecule has 0 spiro atoms. The fourth-order valence-electron chi connectivity index (χ4n) is 2.82. The fourth-order valence-corrected chi connectivity index (χ4v) is 2.82. The van der Waals surface area contributed by atoms with Crippen molar-refractivity contribution in [1.82, 2.24) is 0 Å². The number of amides is 1. The first kappa shape index (κ1) is 21.8. The van der Waals surface area contributed by atoms with E-state index < -0.39 is 11.9 Å². The monoisotopic (exact) mass is 412 g/mol. The van der Waals surface area contributed by atoms with E-state index >= 15 is 0 Å². The van der Waals surface area contributed by atoms with Crippen molar-refractivity contribution in [3.8, 4) is 16.9 Å². The summed E-state index contributed by atoms with van der Waals surface area (Å²) in [6, 6.07) is 18.9. The van der Waals surface area contributed by atoms with E-state index in [1.54, 1.807) is 29.2 Å². The Labute approximate surface area is 174 Å². The Kier molecular flexibility index (Phi) is 6.85. The zero-order valence-electron chi connectivity index (χ0n) is 15.9. The molecule has 0 bridgehead atoms. The third kappa shape index (κ3) is 4.86. The smallest absolute Gasteiger partial charge is 0.337 e. The molecule has 1 amide bonds. The van der Waals surface area contributed by atoms with Gasteiger partial charge in [-0.15, -0.1) is 12.4 Å². The lowest BCUT2D eigenvalue weighted by Gasteiger charge is -2.15. The molecule has 3 N–H and O–H groups in total. The van der Waals surface area contributed by atoms with Crippen LogP contribution in [0.25, 0.3) is 11.1 Å². The van der Waals surface area contributed by atoms with Crippen LogP contribution in [-0.2, 0) is 0 Å². The van der Waals surface area contributed by atoms with Gasteiger partial charge in [-0.3, -0.25) is 4.79 Å². The minimum Gasteiger partial charge on any atom is -0.507 e. The third-order valence-corrected chi connectivity index (χ3v) is 4.35. The summed E-state index contributed by atoms with van der Waals surface area (Å²) in [5.74, 6) is -1.92. The van der Waals surface area contributed by atoms with Gasteiger partial charge in [-0.2, -0.15) is 0 Å². The van der Waals surface area contributed by atoms with Gasteiger partial charge >= 0.3 is 5.97 Å². The summed E-state index contributed by atoms with van der Waals surface area (Å²) >= 11 is 0. The molecule has 0 aromatic heterocycles. The standard InChI is InChI=1S/C22H20N2O4.ClH/c1-24(2)16-9-11-20(25)18(13-16)21(26)23-19-12-15(8-10-17(19)22(27)28)14-6-4-3-5-7-14;/h3-13,25H,1-2H3,(H,23,26)(H,27,28);1H. The molecule has 6 nitrogen and oxygen atoms in total. The number of aromatic hydroxyl groups is 1. The number of hydrogen-bond acceptors (Lipinski definition) is 4. The van der Waals surface area contributed by atoms with E-state index in [4.69, 9.17) is 0 Å². The SMILES string of the molecule is CN(C)c1ccc(O)c(C(=O)Nc2cc(-c3ccccc3)ccc2C(=O)O)c1.Cl. The maximum absolute atomic E-state index is 12.7. The molecule has 0 atom stereocenters. The van der Waals surface area contributed by atoms with Crippen molar-refractivity contribution in [3.63, 3.8) is 0 Å². The minimum atomic E-state index is -1.15. The normalized spacial score (nSPS) is 10.0. The van der Waals surface area contributed by atoms with Crippen LogP contribution < -0.4 is 10.2 Å². The molecule has 0 saturated heterocycles. The first-order chi connectivity index (χ1) is 13.4. The average Bonchev–Trinajstić information content (AvgIpc) is 2.68. The topological polar surface area (TPSA) is 89.9 Å². The van der Waals surface area contributed by atoms with Crippen LogP contribution in [-0.4, -0.2) is 36.2 Å². The second kappa shape index (κ2) is 9.12. The molecule has 0 aliphatic carbocycles. The molecule has 0 heterocycles. The van der Waals surface area contributed by atoms with Gasteiger partial charge in [0.1, 0.15) is 5.75 Å². The highest BCUT2D eigenvalue weighted by Crippen LogP contribution is 2.28. The summed E-state index contributed by atoms with van der Waals surface area (Å²) in [7, 11) is 3.64. The summed E-state index contributed by atoms with van der Waals surface area (Å²) < 4.78 is 0. The Balaban J connectivity index is 0.00000300. The molecule has 29 heavy (non-hydrogen) atoms. The first-order valence-corrected chi connectivity index (χ1v) is 8.61. The van der Waals surface area contributed by atoms with Gasteiger partial charge in [0.05, 0.1) is 16.8 Å². The van der Waals surface area contributed by atoms with Crippen molar-refractivity contribution in [3.05, 3.63) is 77.9 Å². The number of nitrogens with one attached hydrogen (secondary N) is 1. The molecule has 150 valence electrons. The van der Waals surface area contributed by atoms with Crippen LogP contribution in [0.15, 0.2) is 66.7 Å². The third-order valence-electron chi connectivity index (χ3n) is 4.35. The number of phenols is 1. The average molecular weight is 413 g/mol. The second-order valence-electron chi connectivity index (χ2n) is 6.48. The van der Waals surface area contributed by atoms with Gasteiger partial charge in [-0.1, -0.05) is 36.4 Å². The fraction of sp³-hybridized carbons (Fsp3) is 0.0909. The predicted molar refractivity (Wildman–Crippen MR) is 116 cm³/mol. The van der Waals surface area contributed by atoms with Crippen molar-refractivity contribution < 1.29 is 19.8 Å². The van der Waals surface area contributed by atoms with E-state index in [0.717, 1.165) is 16.8 Å². The molecule has 0 fully saturated rings. The molecule has 3 aromatic rings. The maximum atomic E-state index is 12.7. The number of rotatable bonds is 5. The molecule has 7 heteroatoms. The highest BCUT2D eigenvalue weighted by Gasteiger charge is 2.18. The Bertz CT molecular complexity index is 1040. The van der Waals surface area contributed by atoms with Gasteiger partial charge < -0.3 is 20.4 Å². The highest BCUT2D eigenvalue weighted by atomic mass is 35.5. The number of phenolic OH excluding ortho intramolecular Hbond substituents is 1. The van der Waals surface area contributed by atoms with Gasteiger partial charge in [0.15, 0.2) is 0 Å². The molecule has 0 aliphatic rings. The summed E-state index contributed by atoms with van der Waals surface area (Å²) in [6.07, 6.45) is 0. The number of nitrogens with zero attached hydrogens (tertiary/aromatic N) is 1. The van der Waals surface area contributed by atoms with E-state index in [9.17, 15) is 19.8 Å². The number of carboxylic acids is 1. The van der Waals surface area contributed by atoms with Gasteiger partial charge in [-0.05, 0) is 41.5 Å². The second-order valence-corrected chi connectivity index (χ2v) is 6.48. The summed E-state index contributed by atoms with van der Waals surface area (Å²) in [5, 5.41) is 22.2. The number of hydrogen-bond donors (Lipinski definition) is 3. The lowest BCUT2D eigenvalue weighted by atomic mass is 10.0. The van der Waals surface area contributed by atoms with E-state index in [2.05, 4.69) is 5.32 Å². The Morgan fingerprint density at radius 1 is 0.862 bits per heavy atom. The van der Waals surface area contributed by atoms with Crippen LogP contribution >= 0.6 is 12.4 Å². The number of anilines is 2. The molecule has 0 aliphatic heterocycles. The predicted octanol–water partition coefficient (Wildman–Crippen LogP) is 4.50. The maximum Gasteiger partial charge on any atom is 0.337 e. The number of carbonyl (C=O) groups excluding carboxylic acids is 1. The van der Waals surface area contributed by atoms with Gasteiger partial charge in [0, 0.05) is 19.8 Å². The van der Waals surface area contributed by atoms with Crippen molar-refractivity contribution in [2.75, 3.05) is 24.3 Å². The van der Waals surface area contributed by atoms with E-state index in [1.807, 2.05) is 44.4 Å². The van der Waals surface area contributed by atoms with Crippen molar-refractivity contribution in [1.29, 1.82) is 0 Å². The van der Waals surface area contributed by atoms with Crippen molar-refractivity contribution >= 4 is 35.7 Å². The summed E-state index contributed by atoms with van der Waals surface area (Å²) in [4.78, 5) is 26.1. The van der Waals surface area contributed by atoms with Gasteiger partial charge in [0.2, 0.25) is 0 Å². The number of benzene rings is 3. The Morgan fingerprint density at radius 2 is 1.55 bits per heavy atom. The number of carbonyl (C=O) groups is 2. The molecular weight excluding hydrogens is 392 g/mol. The molecular formula is C22H21ClN2O4. The zero-order valence-corrected chi connectivity index (χ0v) is 16.7. The van der Waals surface area contributed by atoms with Crippen LogP contribution in [0.3, 0.4) is 0 Å². The molecule has 0 unspecified atom stereocenters. The molecule has 0 saturated carbocycles. The van der Waals surface area contributed by atoms with E-state index in [1.165, 1.54) is 12.1 Å². The van der Waals surface area contributed by atoms with Crippen LogP contribution in [0.4, 0.5) is 11.4 Å². The summed E-state index contributed by atoms with van der Waals surface area (Å²) in [5.41, 5.74) is 2.59. The van der Waals surface area contributed by atoms with Crippen molar-refractivity contribution in [2.24, 2.45) is 0 Å². The molecule has 3 rings (SSSR count). The van der Waals surface area contributed by atoms with E-state index in [-0.39, 0.29) is 35.0 Å². The summed E-state index contributed by atoms with van der Waals surface area (Å²) in [6.45, 7) is 0. The van der Waals surface area contributed by atoms with Gasteiger partial charge in [-0.25, -0.2) is 4.79 Å². The van der Waals surface area contributed by atoms with E-state index in [0.29, 0.717) is 0 Å². The van der Waals surface area contributed by atoms with Crippen LogP contribution in [0.1, 0.15) is 20.7 Å². The number of aromatic carboxylic acids is 1. The Morgan fingerprint density at radius 3 is 2.17 bits per heavy atom. The number of carboxylic acid groups (broad SMARTS) is 1. The lowest BCUT2D eigenvalue weighted by Crippen LogP contribution is -2.16. The van der Waals surface area contributed by atoms with Gasteiger partial charge in [0.25, 0.3) is 5.91 Å². The first-order valence-electron chi connectivity index (χ1n) is 8.61. The quantitative estimate of drug-likeness (QED) is 0.574. The Hall–Kier alpha value is -3.51. The van der Waals surface area contributed by atoms with Crippen LogP contribution in [0.5, 0.6) is 5.75 Å². The van der Waals surface area contributed by atoms with Crippen molar-refractivity contribution in [2.45, 2.75) is 0 Å². The zero-order chi connectivity index (χ0) is 20.3. The lowest BCUT2D eigenvalue weighted by molar-refractivity contribution is 0.0698. The number of halogens is 1. The van der Waals surface area contributed by atoms with Crippen LogP contribution in [0, 0.1) is 0 Å². The molecule has 0 radical (unpaired) electrons. The van der Waals surface area contributed by atoms with Crippen LogP contribution in [0.2, 0.25) is 0 Å². The largest absolute Gasteiger partial charge is 0.507 e. The molecule has 3 aromatic carbocycles. The minimum absolute atomic E-state index is 0. The highest BCUT2D eigenvalue weighted by molar-refractivity contribution is 6.10.